The van der Waals surface area contributed by atoms with Crippen LogP contribution in [0.25, 0.3) is 19.4 Å². The van der Waals surface area contributed by atoms with Gasteiger partial charge in [0.15, 0.2) is 45.8 Å². The van der Waals surface area contributed by atoms with Crippen LogP contribution < -0.4 is 30.4 Å². The number of ether oxygens (including phenoxy) is 6. The quantitative estimate of drug-likeness (QED) is 0.0192. The number of hydrogen-bond acceptors (Lipinski definition) is 20. The number of aliphatic carboxylic acids is 2. The standard InChI is InChI=1S/C19H20N2O4.C18H18N2O5.C17H16N2O5.C16H14N2O6.2C2H7N/c1-3-15(22)7-5-4-6-12-21-18(23)13-17(19(21)24)25-16-10-8-14(20-2)9-11-16;1-3-14(21)8-10-24-11-9-20-17(22)12-16(18(20)23)25-15-6-4-13(19-2)5-7-15;1-18-12-6-8-13(9-7-12)24-14-11-15(20)19(17(14)23)10-4-2-3-5-16(21)22;1-17-11-2-4-12(5-3-11)24-13-10-14(19)18(16(13)22)7-9-23-8-6-15(20)21;2*1-2-3/h8-11,13H,3-7,12H2,1H3;4-7,12H,3,8-11H2,1H3;6-9,11H,2-5,10H2,(H,21,22);2-5,10H,6-9H2,(H,20,21);2*2-3H2,1H3/i2*3T;;;2*1T. The van der Waals surface area contributed by atoms with Crippen molar-refractivity contribution < 1.29 is 102 Å². The summed E-state index contributed by atoms with van der Waals surface area (Å²) in [6, 6.07) is 24.8. The third-order valence-corrected chi connectivity index (χ3v) is 13.8. The second-order valence-electron chi connectivity index (χ2n) is 21.3. The monoisotopic (exact) mass is 1440 g/mol. The van der Waals surface area contributed by atoms with E-state index in [4.69, 9.17) is 81.9 Å². The SMILES string of the molecule is [3H]C(C)C(=O)CCCCCN1C(=O)C=C(Oc2ccc([N+]#[C-])cc2)C1=O.[3H]C(C)C(=O)CCOCCN1C(=O)C=C(Oc2ccc([N+]#[C-])cc2)C1=O.[3H]CCN.[3H]CCN.[C-]#[N+]c1ccc(OC2=CC(=O)N(CCCCCC(=O)O)C2=O)cc1.[C-]#[N+]c1ccc(OC2=CC(=O)N(CCOCCC(=O)O)C2=O)cc1. The Balaban J connectivity index is 0.000000361. The molecule has 104 heavy (non-hydrogen) atoms. The Kier molecular flexibility index (Phi) is 36.2. The Morgan fingerprint density at radius 1 is 0.394 bits per heavy atom. The normalized spacial score (nSPS) is 14.3. The van der Waals surface area contributed by atoms with Crippen molar-refractivity contribution in [1.29, 1.82) is 0 Å². The van der Waals surface area contributed by atoms with Crippen molar-refractivity contribution in [1.82, 2.24) is 19.6 Å². The minimum absolute atomic E-state index is 0.00966. The van der Waals surface area contributed by atoms with Crippen molar-refractivity contribution in [2.75, 3.05) is 65.7 Å². The zero-order valence-electron chi connectivity index (χ0n) is 61.2. The zero-order chi connectivity index (χ0) is 80.1. The van der Waals surface area contributed by atoms with E-state index in [1.165, 1.54) is 31.2 Å². The molecule has 30 nitrogen and oxygen atoms in total. The fourth-order valence-electron chi connectivity index (χ4n) is 8.55. The van der Waals surface area contributed by atoms with Gasteiger partial charge >= 0.3 is 11.9 Å². The molecule has 0 aromatic heterocycles. The highest BCUT2D eigenvalue weighted by atomic mass is 16.5. The van der Waals surface area contributed by atoms with E-state index in [1.54, 1.807) is 79.7 Å². The van der Waals surface area contributed by atoms with Gasteiger partial charge in [0.2, 0.25) is 0 Å². The largest absolute Gasteiger partial charge is 0.481 e. The van der Waals surface area contributed by atoms with Gasteiger partial charge in [-0.1, -0.05) is 89.0 Å². The highest BCUT2D eigenvalue weighted by molar-refractivity contribution is 6.17. The van der Waals surface area contributed by atoms with E-state index in [9.17, 15) is 57.5 Å². The lowest BCUT2D eigenvalue weighted by atomic mass is 10.1. The highest BCUT2D eigenvalue weighted by Crippen LogP contribution is 2.27. The molecule has 2 unspecified atom stereocenters. The topological polar surface area (TPSA) is 383 Å². The van der Waals surface area contributed by atoms with E-state index in [-0.39, 0.29) is 106 Å². The number of benzene rings is 4. The number of carbonyl (C=O) groups excluding carboxylic acids is 10. The van der Waals surface area contributed by atoms with Crippen LogP contribution in [0.4, 0.5) is 22.7 Å². The Hall–Kier alpha value is -12.3. The molecule has 8 amide bonds. The van der Waals surface area contributed by atoms with E-state index in [1.807, 2.05) is 0 Å². The number of imide groups is 4. The third kappa shape index (κ3) is 30.7. The maximum absolute atomic E-state index is 12.3. The molecule has 0 saturated heterocycles. The van der Waals surface area contributed by atoms with Crippen molar-refractivity contribution in [3.63, 3.8) is 0 Å². The Labute approximate surface area is 607 Å². The Bertz CT molecular complexity index is 3820. The van der Waals surface area contributed by atoms with Crippen molar-refractivity contribution in [2.45, 2.75) is 105 Å². The molecule has 2 atom stereocenters. The van der Waals surface area contributed by atoms with Crippen LogP contribution in [0.3, 0.4) is 0 Å². The number of nitrogens with zero attached hydrogens (tertiary/aromatic N) is 8. The molecule has 4 heterocycles. The molecule has 0 saturated carbocycles. The van der Waals surface area contributed by atoms with Crippen molar-refractivity contribution in [2.24, 2.45) is 11.5 Å². The molecule has 4 aliphatic rings. The van der Waals surface area contributed by atoms with Crippen LogP contribution in [-0.4, -0.2) is 166 Å². The number of Topliss-reactive ketones (excluding diaryl/α,β-unsaturated/α-hetero) is 2. The molecule has 0 aliphatic carbocycles. The van der Waals surface area contributed by atoms with Gasteiger partial charge < -0.3 is 50.1 Å². The van der Waals surface area contributed by atoms with Crippen molar-refractivity contribution >= 4 is 93.5 Å². The average molecular weight is 1440 g/mol. The summed E-state index contributed by atoms with van der Waals surface area (Å²) < 4.78 is 59.2. The maximum Gasteiger partial charge on any atom is 0.305 e. The van der Waals surface area contributed by atoms with Crippen LogP contribution in [0.15, 0.2) is 144 Å². The van der Waals surface area contributed by atoms with Crippen molar-refractivity contribution in [3.05, 3.63) is 190 Å². The molecule has 548 valence electrons. The molecular weight excluding hydrogens is 1350 g/mol. The van der Waals surface area contributed by atoms with E-state index >= 15 is 0 Å². The molecule has 30 heteroatoms. The summed E-state index contributed by atoms with van der Waals surface area (Å²) in [4.78, 5) is 157. The van der Waals surface area contributed by atoms with Gasteiger partial charge in [-0.3, -0.25) is 77.1 Å². The molecule has 0 fully saturated rings. The van der Waals surface area contributed by atoms with Gasteiger partial charge in [0, 0.05) is 50.6 Å². The summed E-state index contributed by atoms with van der Waals surface area (Å²) >= 11 is 0. The predicted octanol–water partition coefficient (Wildman–Crippen LogP) is 9.47. The van der Waals surface area contributed by atoms with Crippen LogP contribution in [0.1, 0.15) is 110 Å². The summed E-state index contributed by atoms with van der Waals surface area (Å²) in [5.74, 6) is -5.02. The van der Waals surface area contributed by atoms with E-state index in [0.717, 1.165) is 43.9 Å². The Morgan fingerprint density at radius 2 is 0.654 bits per heavy atom. The number of amides is 8. The molecular formula is C74H82N10O20. The first-order chi connectivity index (χ1) is 51.7. The van der Waals surface area contributed by atoms with E-state index < -0.39 is 72.0 Å². The number of carbonyl (C=O) groups is 12. The highest BCUT2D eigenvalue weighted by Gasteiger charge is 2.36. The lowest BCUT2D eigenvalue weighted by Gasteiger charge is -2.14. The number of carboxylic acids is 2. The summed E-state index contributed by atoms with van der Waals surface area (Å²) in [6.07, 6.45) is 7.03. The lowest BCUT2D eigenvalue weighted by Crippen LogP contribution is -2.34. The van der Waals surface area contributed by atoms with Gasteiger partial charge in [-0.05, 0) is 87.3 Å². The van der Waals surface area contributed by atoms with Gasteiger partial charge in [0.05, 0.1) is 96.5 Å². The molecule has 0 spiro atoms. The fraction of sp³-hybridized carbons (Fsp3) is 0.351. The minimum atomic E-state index is -0.982. The molecule has 4 aromatic rings. The first-order valence-corrected chi connectivity index (χ1v) is 32.1. The van der Waals surface area contributed by atoms with E-state index in [2.05, 4.69) is 19.4 Å². The number of hydrogen-bond donors (Lipinski definition) is 4. The van der Waals surface area contributed by atoms with Crippen LogP contribution >= 0.6 is 0 Å². The number of carboxylic acid groups (broad SMARTS) is 2. The summed E-state index contributed by atoms with van der Waals surface area (Å²) in [7, 11) is 0. The van der Waals surface area contributed by atoms with Gasteiger partial charge in [-0.2, -0.15) is 0 Å². The summed E-state index contributed by atoms with van der Waals surface area (Å²) in [6.45, 7) is 33.1. The smallest absolute Gasteiger partial charge is 0.305 e. The third-order valence-electron chi connectivity index (χ3n) is 13.8. The second-order valence-corrected chi connectivity index (χ2v) is 21.3. The van der Waals surface area contributed by atoms with Gasteiger partial charge in [-0.25, -0.2) is 19.4 Å². The van der Waals surface area contributed by atoms with Gasteiger partial charge in [0.25, 0.3) is 47.3 Å². The second kappa shape index (κ2) is 47.7. The number of ketones is 2. The number of nitrogens with two attached hydrogens (primary N) is 2. The first kappa shape index (κ1) is 79.0. The van der Waals surface area contributed by atoms with Crippen molar-refractivity contribution in [3.8, 4) is 23.0 Å². The average Bonchev–Trinajstić information content (AvgIpc) is 1.71. The first-order valence-electron chi connectivity index (χ1n) is 34.7. The lowest BCUT2D eigenvalue weighted by molar-refractivity contribution is -0.141. The Morgan fingerprint density at radius 3 is 0.913 bits per heavy atom. The molecule has 0 bridgehead atoms. The fourth-order valence-corrected chi connectivity index (χ4v) is 8.55. The zero-order valence-corrected chi connectivity index (χ0v) is 57.2. The summed E-state index contributed by atoms with van der Waals surface area (Å²) in [5, 5.41) is 17.0. The van der Waals surface area contributed by atoms with Gasteiger partial charge in [0.1, 0.15) is 34.6 Å². The maximum atomic E-state index is 12.3. The molecule has 8 rings (SSSR count). The van der Waals surface area contributed by atoms with Crippen LogP contribution in [0.2, 0.25) is 0 Å². The van der Waals surface area contributed by atoms with Gasteiger partial charge in [-0.15, -0.1) is 0 Å². The van der Waals surface area contributed by atoms with Crippen LogP contribution in [-0.2, 0) is 67.0 Å². The minimum Gasteiger partial charge on any atom is -0.481 e. The predicted molar refractivity (Wildman–Crippen MR) is 376 cm³/mol. The summed E-state index contributed by atoms with van der Waals surface area (Å²) in [5.41, 5.74) is 11.5. The molecule has 4 aliphatic heterocycles. The molecule has 0 radical (unpaired) electrons. The van der Waals surface area contributed by atoms with Crippen LogP contribution in [0.5, 0.6) is 23.0 Å². The number of unbranched alkanes of at least 4 members (excludes halogenated alkanes) is 4. The molecule has 6 N–H and O–H groups in total. The number of rotatable bonds is 34. The van der Waals surface area contributed by atoms with E-state index in [0.29, 0.717) is 118 Å². The molecule has 4 aromatic carbocycles. The van der Waals surface area contributed by atoms with Crippen LogP contribution in [0, 0.1) is 26.3 Å².